The summed E-state index contributed by atoms with van der Waals surface area (Å²) in [6.07, 6.45) is 3.57. The standard InChI is InChI=1S/C33H35FO5/c1-20(2)29-26(15-14-25-16-24(35)17-28(36)38-25)30(22-10-12-23(34)13-11-22)32(31-27(29)18-33(3,4)39-31)37-19-21-8-6-5-7-9-21/h5-15,20,24-25,35H,16-19H2,1-4H3/b15-14+. The van der Waals surface area contributed by atoms with Gasteiger partial charge < -0.3 is 19.3 Å². The van der Waals surface area contributed by atoms with Gasteiger partial charge in [0.2, 0.25) is 0 Å². The van der Waals surface area contributed by atoms with Crippen molar-refractivity contribution in [2.24, 2.45) is 0 Å². The molecule has 0 aromatic heterocycles. The second-order valence-corrected chi connectivity index (χ2v) is 11.3. The van der Waals surface area contributed by atoms with E-state index in [2.05, 4.69) is 27.7 Å². The van der Waals surface area contributed by atoms with Gasteiger partial charge in [0.05, 0.1) is 12.5 Å². The summed E-state index contributed by atoms with van der Waals surface area (Å²) >= 11 is 0. The molecule has 2 aliphatic heterocycles. The zero-order valence-corrected chi connectivity index (χ0v) is 22.9. The van der Waals surface area contributed by atoms with Gasteiger partial charge in [-0.05, 0) is 60.2 Å². The monoisotopic (exact) mass is 530 g/mol. The van der Waals surface area contributed by atoms with Crippen LogP contribution in [0, 0.1) is 5.82 Å². The zero-order valence-electron chi connectivity index (χ0n) is 22.9. The van der Waals surface area contributed by atoms with Crippen LogP contribution in [0.1, 0.15) is 68.7 Å². The summed E-state index contributed by atoms with van der Waals surface area (Å²) in [5.41, 5.74) is 5.29. The number of carbonyl (C=O) groups excluding carboxylic acids is 1. The lowest BCUT2D eigenvalue weighted by molar-refractivity contribution is -0.156. The van der Waals surface area contributed by atoms with Gasteiger partial charge in [-0.15, -0.1) is 0 Å². The van der Waals surface area contributed by atoms with Gasteiger partial charge in [-0.3, -0.25) is 4.79 Å². The topological polar surface area (TPSA) is 65.0 Å². The van der Waals surface area contributed by atoms with E-state index in [1.54, 1.807) is 12.1 Å². The Kier molecular flexibility index (Phi) is 7.50. The molecule has 39 heavy (non-hydrogen) atoms. The molecule has 0 aliphatic carbocycles. The first-order chi connectivity index (χ1) is 18.6. The van der Waals surface area contributed by atoms with Crippen molar-refractivity contribution in [3.8, 4) is 22.6 Å². The predicted octanol–water partition coefficient (Wildman–Crippen LogP) is 6.99. The predicted molar refractivity (Wildman–Crippen MR) is 149 cm³/mol. The number of ether oxygens (including phenoxy) is 3. The minimum atomic E-state index is -0.735. The van der Waals surface area contributed by atoms with Crippen molar-refractivity contribution in [1.29, 1.82) is 0 Å². The number of benzene rings is 3. The van der Waals surface area contributed by atoms with Crippen LogP contribution in [-0.2, 0) is 22.6 Å². The molecule has 1 saturated heterocycles. The number of fused-ring (bicyclic) bond motifs is 1. The van der Waals surface area contributed by atoms with Crippen LogP contribution < -0.4 is 9.47 Å². The average Bonchev–Trinajstić information content (AvgIpc) is 3.20. The fourth-order valence-corrected chi connectivity index (χ4v) is 5.55. The molecule has 3 aromatic carbocycles. The highest BCUT2D eigenvalue weighted by molar-refractivity contribution is 5.87. The van der Waals surface area contributed by atoms with Crippen LogP contribution in [0.25, 0.3) is 17.2 Å². The number of esters is 1. The van der Waals surface area contributed by atoms with E-state index in [-0.39, 0.29) is 18.2 Å². The van der Waals surface area contributed by atoms with Crippen molar-refractivity contribution in [2.75, 3.05) is 0 Å². The second-order valence-electron chi connectivity index (χ2n) is 11.3. The highest BCUT2D eigenvalue weighted by Gasteiger charge is 2.38. The molecule has 3 aromatic rings. The molecule has 1 fully saturated rings. The highest BCUT2D eigenvalue weighted by Crippen LogP contribution is 2.53. The lowest BCUT2D eigenvalue weighted by atomic mass is 9.83. The lowest BCUT2D eigenvalue weighted by Gasteiger charge is -2.25. The molecule has 1 N–H and O–H groups in total. The van der Waals surface area contributed by atoms with Crippen molar-refractivity contribution < 1.29 is 28.5 Å². The van der Waals surface area contributed by atoms with E-state index in [4.69, 9.17) is 14.2 Å². The van der Waals surface area contributed by atoms with Crippen molar-refractivity contribution >= 4 is 12.0 Å². The number of aliphatic hydroxyl groups is 1. The Labute approximate surface area is 229 Å². The Morgan fingerprint density at radius 1 is 1.13 bits per heavy atom. The van der Waals surface area contributed by atoms with Crippen LogP contribution >= 0.6 is 0 Å². The van der Waals surface area contributed by atoms with Gasteiger partial charge in [0.25, 0.3) is 0 Å². The molecule has 2 unspecified atom stereocenters. The Bertz CT molecular complexity index is 1380. The number of rotatable bonds is 7. The average molecular weight is 531 g/mol. The second kappa shape index (κ2) is 10.9. The normalized spacial score (nSPS) is 20.1. The van der Waals surface area contributed by atoms with Gasteiger partial charge in [-0.2, -0.15) is 0 Å². The number of carbonyl (C=O) groups is 1. The molecule has 0 saturated carbocycles. The van der Waals surface area contributed by atoms with Gasteiger partial charge in [0.1, 0.15) is 24.1 Å². The van der Waals surface area contributed by atoms with E-state index in [0.717, 1.165) is 39.1 Å². The first kappa shape index (κ1) is 26.9. The van der Waals surface area contributed by atoms with E-state index in [9.17, 15) is 14.3 Å². The molecule has 0 radical (unpaired) electrons. The molecule has 2 aliphatic rings. The molecule has 6 heteroatoms. The van der Waals surface area contributed by atoms with E-state index < -0.39 is 23.8 Å². The Balaban J connectivity index is 1.72. The summed E-state index contributed by atoms with van der Waals surface area (Å²) in [5.74, 6) is 0.722. The molecule has 0 amide bonds. The third kappa shape index (κ3) is 5.86. The van der Waals surface area contributed by atoms with Crippen molar-refractivity contribution in [3.05, 3.63) is 88.7 Å². The summed E-state index contributed by atoms with van der Waals surface area (Å²) in [5, 5.41) is 10.1. The van der Waals surface area contributed by atoms with E-state index >= 15 is 0 Å². The molecule has 5 nitrogen and oxygen atoms in total. The maximum atomic E-state index is 14.0. The third-order valence-corrected chi connectivity index (χ3v) is 7.18. The van der Waals surface area contributed by atoms with E-state index in [1.165, 1.54) is 12.1 Å². The summed E-state index contributed by atoms with van der Waals surface area (Å²) in [4.78, 5) is 12.0. The summed E-state index contributed by atoms with van der Waals surface area (Å²) in [6, 6.07) is 16.3. The first-order valence-electron chi connectivity index (χ1n) is 13.5. The first-order valence-corrected chi connectivity index (χ1v) is 13.5. The Hall–Kier alpha value is -3.64. The van der Waals surface area contributed by atoms with E-state index in [1.807, 2.05) is 42.5 Å². The SMILES string of the molecule is CC(C)c1c(/C=C/C2CC(O)CC(=O)O2)c(-c2ccc(F)cc2)c(OCc2ccccc2)c2c1CC(C)(C)O2. The highest BCUT2D eigenvalue weighted by atomic mass is 19.1. The van der Waals surface area contributed by atoms with Crippen molar-refractivity contribution in [3.63, 3.8) is 0 Å². The van der Waals surface area contributed by atoms with Gasteiger partial charge in [-0.25, -0.2) is 4.39 Å². The van der Waals surface area contributed by atoms with Crippen LogP contribution in [0.5, 0.6) is 11.5 Å². The fraction of sp³-hybridized carbons (Fsp3) is 0.364. The third-order valence-electron chi connectivity index (χ3n) is 7.18. The van der Waals surface area contributed by atoms with Gasteiger partial charge >= 0.3 is 5.97 Å². The Morgan fingerprint density at radius 3 is 2.51 bits per heavy atom. The van der Waals surface area contributed by atoms with Crippen LogP contribution in [-0.4, -0.2) is 28.9 Å². The Morgan fingerprint density at radius 2 is 1.85 bits per heavy atom. The minimum absolute atomic E-state index is 0.00511. The van der Waals surface area contributed by atoms with Gasteiger partial charge in [-0.1, -0.05) is 62.4 Å². The number of hydrogen-bond acceptors (Lipinski definition) is 5. The van der Waals surface area contributed by atoms with Crippen LogP contribution in [0.2, 0.25) is 0 Å². The lowest BCUT2D eigenvalue weighted by Crippen LogP contribution is -2.31. The van der Waals surface area contributed by atoms with Crippen molar-refractivity contribution in [1.82, 2.24) is 0 Å². The fourth-order valence-electron chi connectivity index (χ4n) is 5.55. The smallest absolute Gasteiger partial charge is 0.309 e. The molecule has 2 heterocycles. The molecule has 5 rings (SSSR count). The molecule has 0 bridgehead atoms. The number of halogens is 1. The van der Waals surface area contributed by atoms with Crippen molar-refractivity contribution in [2.45, 2.75) is 77.3 Å². The van der Waals surface area contributed by atoms with Gasteiger partial charge in [0, 0.05) is 24.0 Å². The van der Waals surface area contributed by atoms with E-state index in [0.29, 0.717) is 25.2 Å². The van der Waals surface area contributed by atoms with Crippen LogP contribution in [0.3, 0.4) is 0 Å². The molecule has 2 atom stereocenters. The number of aliphatic hydroxyl groups excluding tert-OH is 1. The quantitative estimate of drug-likeness (QED) is 0.334. The minimum Gasteiger partial charge on any atom is -0.484 e. The number of cyclic esters (lactones) is 1. The summed E-state index contributed by atoms with van der Waals surface area (Å²) < 4.78 is 32.6. The maximum Gasteiger partial charge on any atom is 0.309 e. The summed E-state index contributed by atoms with van der Waals surface area (Å²) in [6.45, 7) is 8.74. The molecule has 204 valence electrons. The molecular formula is C33H35FO5. The molecular weight excluding hydrogens is 495 g/mol. The zero-order chi connectivity index (χ0) is 27.7. The summed E-state index contributed by atoms with van der Waals surface area (Å²) in [7, 11) is 0. The van der Waals surface area contributed by atoms with Gasteiger partial charge in [0.15, 0.2) is 11.5 Å². The van der Waals surface area contributed by atoms with Crippen LogP contribution in [0.15, 0.2) is 60.7 Å². The van der Waals surface area contributed by atoms with Crippen LogP contribution in [0.4, 0.5) is 4.39 Å². The number of hydrogen-bond donors (Lipinski definition) is 1. The molecule has 0 spiro atoms. The maximum absolute atomic E-state index is 14.0. The largest absolute Gasteiger partial charge is 0.484 e.